The minimum Gasteiger partial charge on any atom is -0.481 e. The Balaban J connectivity index is 2.07. The summed E-state index contributed by atoms with van der Waals surface area (Å²) in [5.74, 6) is -1.46. The predicted octanol–water partition coefficient (Wildman–Crippen LogP) is 2.45. The fraction of sp³-hybridized carbons (Fsp3) is 0.429. The van der Waals surface area contributed by atoms with E-state index in [1.807, 2.05) is 0 Å². The van der Waals surface area contributed by atoms with E-state index in [-0.39, 0.29) is 18.9 Å². The van der Waals surface area contributed by atoms with Gasteiger partial charge in [-0.2, -0.15) is 0 Å². The van der Waals surface area contributed by atoms with Crippen molar-refractivity contribution in [3.8, 4) is 0 Å². The summed E-state index contributed by atoms with van der Waals surface area (Å²) in [4.78, 5) is 24.9. The van der Waals surface area contributed by atoms with Crippen molar-refractivity contribution in [3.63, 3.8) is 0 Å². The SMILES string of the molecule is CC1(C(=O)O)CCN(C(=O)Cc2cc(F)ccc2Br)C1. The Morgan fingerprint density at radius 1 is 1.50 bits per heavy atom. The van der Waals surface area contributed by atoms with Gasteiger partial charge in [-0.1, -0.05) is 15.9 Å². The van der Waals surface area contributed by atoms with Crippen LogP contribution in [0.1, 0.15) is 18.9 Å². The van der Waals surface area contributed by atoms with Gasteiger partial charge in [0.1, 0.15) is 5.82 Å². The van der Waals surface area contributed by atoms with Crippen molar-refractivity contribution >= 4 is 27.8 Å². The number of benzene rings is 1. The molecule has 4 nitrogen and oxygen atoms in total. The number of carboxylic acid groups (broad SMARTS) is 1. The first kappa shape index (κ1) is 15.0. The molecule has 1 aromatic rings. The number of nitrogens with zero attached hydrogens (tertiary/aromatic N) is 1. The first-order chi connectivity index (χ1) is 9.32. The highest BCUT2D eigenvalue weighted by Crippen LogP contribution is 2.30. The monoisotopic (exact) mass is 343 g/mol. The normalized spacial score (nSPS) is 22.1. The molecule has 1 N–H and O–H groups in total. The maximum Gasteiger partial charge on any atom is 0.311 e. The Morgan fingerprint density at radius 2 is 2.20 bits per heavy atom. The van der Waals surface area contributed by atoms with Crippen molar-refractivity contribution in [2.75, 3.05) is 13.1 Å². The van der Waals surface area contributed by atoms with Gasteiger partial charge in [0.15, 0.2) is 0 Å². The summed E-state index contributed by atoms with van der Waals surface area (Å²) in [6.07, 6.45) is 0.506. The lowest BCUT2D eigenvalue weighted by Crippen LogP contribution is -2.35. The minimum atomic E-state index is -0.889. The molecule has 1 atom stereocenters. The fourth-order valence-electron chi connectivity index (χ4n) is 2.30. The molecule has 6 heteroatoms. The van der Waals surface area contributed by atoms with E-state index in [9.17, 15) is 14.0 Å². The highest BCUT2D eigenvalue weighted by molar-refractivity contribution is 9.10. The second kappa shape index (κ2) is 5.52. The van der Waals surface area contributed by atoms with Gasteiger partial charge in [-0.15, -0.1) is 0 Å². The number of rotatable bonds is 3. The fourth-order valence-corrected chi connectivity index (χ4v) is 2.69. The van der Waals surface area contributed by atoms with Crippen LogP contribution in [0.25, 0.3) is 0 Å². The third kappa shape index (κ3) is 3.00. The first-order valence-electron chi connectivity index (χ1n) is 6.27. The van der Waals surface area contributed by atoms with Crippen molar-refractivity contribution in [3.05, 3.63) is 34.1 Å². The largest absolute Gasteiger partial charge is 0.481 e. The molecule has 20 heavy (non-hydrogen) atoms. The number of likely N-dealkylation sites (tertiary alicyclic amines) is 1. The second-order valence-corrected chi connectivity index (χ2v) is 6.20. The molecule has 0 aliphatic carbocycles. The summed E-state index contributed by atoms with van der Waals surface area (Å²) < 4.78 is 13.9. The number of aliphatic carboxylic acids is 1. The van der Waals surface area contributed by atoms with Gasteiger partial charge in [0.25, 0.3) is 0 Å². The van der Waals surface area contributed by atoms with Crippen LogP contribution in [-0.2, 0) is 16.0 Å². The molecule has 0 spiro atoms. The highest BCUT2D eigenvalue weighted by atomic mass is 79.9. The van der Waals surface area contributed by atoms with Crippen molar-refractivity contribution in [1.82, 2.24) is 4.90 Å². The van der Waals surface area contributed by atoms with Gasteiger partial charge in [-0.05, 0) is 37.1 Å². The van der Waals surface area contributed by atoms with Crippen LogP contribution in [0.5, 0.6) is 0 Å². The summed E-state index contributed by atoms with van der Waals surface area (Å²) in [7, 11) is 0. The van der Waals surface area contributed by atoms with Crippen LogP contribution < -0.4 is 0 Å². The molecule has 1 heterocycles. The van der Waals surface area contributed by atoms with E-state index < -0.39 is 17.2 Å². The molecule has 1 amide bonds. The number of halogens is 2. The Hall–Kier alpha value is -1.43. The predicted molar refractivity (Wildman–Crippen MR) is 74.7 cm³/mol. The third-order valence-corrected chi connectivity index (χ3v) is 4.47. The first-order valence-corrected chi connectivity index (χ1v) is 7.06. The van der Waals surface area contributed by atoms with E-state index in [0.29, 0.717) is 23.0 Å². The van der Waals surface area contributed by atoms with Gasteiger partial charge in [0.2, 0.25) is 5.91 Å². The standard InChI is InChI=1S/C14H15BrFNO3/c1-14(13(19)20)4-5-17(8-14)12(18)7-9-6-10(16)2-3-11(9)15/h2-3,6H,4-5,7-8H2,1H3,(H,19,20). The Labute approximate surface area is 124 Å². The van der Waals surface area contributed by atoms with E-state index in [2.05, 4.69) is 15.9 Å². The molecule has 1 aliphatic rings. The average Bonchev–Trinajstić information content (AvgIpc) is 2.78. The van der Waals surface area contributed by atoms with Gasteiger partial charge in [0, 0.05) is 17.6 Å². The molecule has 0 bridgehead atoms. The maximum atomic E-state index is 13.2. The lowest BCUT2D eigenvalue weighted by molar-refractivity contribution is -0.147. The number of carbonyl (C=O) groups excluding carboxylic acids is 1. The summed E-state index contributed by atoms with van der Waals surface area (Å²) in [6, 6.07) is 4.19. The Bertz CT molecular complexity index is 563. The van der Waals surface area contributed by atoms with Crippen LogP contribution in [0.4, 0.5) is 4.39 Å². The van der Waals surface area contributed by atoms with Crippen LogP contribution in [0.15, 0.2) is 22.7 Å². The maximum absolute atomic E-state index is 13.2. The van der Waals surface area contributed by atoms with Crippen molar-refractivity contribution in [1.29, 1.82) is 0 Å². The number of hydrogen-bond acceptors (Lipinski definition) is 2. The summed E-state index contributed by atoms with van der Waals surface area (Å²) >= 11 is 3.28. The quantitative estimate of drug-likeness (QED) is 0.916. The zero-order valence-corrected chi connectivity index (χ0v) is 12.6. The molecule has 0 aromatic heterocycles. The lowest BCUT2D eigenvalue weighted by atomic mass is 9.90. The Morgan fingerprint density at radius 3 is 2.80 bits per heavy atom. The molecule has 2 rings (SSSR count). The smallest absolute Gasteiger partial charge is 0.311 e. The van der Waals surface area contributed by atoms with E-state index in [0.717, 1.165) is 0 Å². The van der Waals surface area contributed by atoms with Gasteiger partial charge >= 0.3 is 5.97 Å². The van der Waals surface area contributed by atoms with E-state index in [4.69, 9.17) is 5.11 Å². The second-order valence-electron chi connectivity index (χ2n) is 5.34. The van der Waals surface area contributed by atoms with Crippen molar-refractivity contribution < 1.29 is 19.1 Å². The van der Waals surface area contributed by atoms with Crippen LogP contribution >= 0.6 is 15.9 Å². The van der Waals surface area contributed by atoms with E-state index in [1.165, 1.54) is 17.0 Å². The zero-order chi connectivity index (χ0) is 14.9. The molecule has 1 aliphatic heterocycles. The molecule has 108 valence electrons. The third-order valence-electron chi connectivity index (χ3n) is 3.69. The van der Waals surface area contributed by atoms with Crippen LogP contribution in [0, 0.1) is 11.2 Å². The van der Waals surface area contributed by atoms with Gasteiger partial charge < -0.3 is 10.0 Å². The average molecular weight is 344 g/mol. The topological polar surface area (TPSA) is 57.6 Å². The van der Waals surface area contributed by atoms with Crippen LogP contribution in [0.3, 0.4) is 0 Å². The van der Waals surface area contributed by atoms with Crippen molar-refractivity contribution in [2.45, 2.75) is 19.8 Å². The summed E-state index contributed by atoms with van der Waals surface area (Å²) in [6.45, 7) is 2.27. The summed E-state index contributed by atoms with van der Waals surface area (Å²) in [5, 5.41) is 9.15. The minimum absolute atomic E-state index is 0.0635. The molecule has 1 saturated heterocycles. The Kier molecular flexibility index (Phi) is 4.13. The van der Waals surface area contributed by atoms with Gasteiger partial charge in [-0.25, -0.2) is 4.39 Å². The molecule has 0 saturated carbocycles. The molecule has 1 fully saturated rings. The van der Waals surface area contributed by atoms with Crippen LogP contribution in [-0.4, -0.2) is 35.0 Å². The lowest BCUT2D eigenvalue weighted by Gasteiger charge is -2.20. The van der Waals surface area contributed by atoms with E-state index in [1.54, 1.807) is 13.0 Å². The van der Waals surface area contributed by atoms with Gasteiger partial charge in [-0.3, -0.25) is 9.59 Å². The molecular formula is C14H15BrFNO3. The van der Waals surface area contributed by atoms with E-state index >= 15 is 0 Å². The number of hydrogen-bond donors (Lipinski definition) is 1. The van der Waals surface area contributed by atoms with Gasteiger partial charge in [0.05, 0.1) is 11.8 Å². The number of carbonyl (C=O) groups is 2. The summed E-state index contributed by atoms with van der Waals surface area (Å²) in [5.41, 5.74) is -0.312. The molecular weight excluding hydrogens is 329 g/mol. The zero-order valence-electron chi connectivity index (χ0n) is 11.0. The van der Waals surface area contributed by atoms with Crippen LogP contribution in [0.2, 0.25) is 0 Å². The molecule has 1 unspecified atom stereocenters. The molecule has 0 radical (unpaired) electrons. The number of amides is 1. The number of carboxylic acids is 1. The molecule has 1 aromatic carbocycles. The van der Waals surface area contributed by atoms with Crippen molar-refractivity contribution in [2.24, 2.45) is 5.41 Å². The highest BCUT2D eigenvalue weighted by Gasteiger charge is 2.41.